The van der Waals surface area contributed by atoms with Gasteiger partial charge in [-0.05, 0) is 26.8 Å². The lowest BCUT2D eigenvalue weighted by molar-refractivity contribution is -0.129. The fourth-order valence-electron chi connectivity index (χ4n) is 1.47. The zero-order valence-corrected chi connectivity index (χ0v) is 11.7. The van der Waals surface area contributed by atoms with E-state index in [-0.39, 0.29) is 11.3 Å². The van der Waals surface area contributed by atoms with Gasteiger partial charge in [-0.2, -0.15) is 0 Å². The van der Waals surface area contributed by atoms with Gasteiger partial charge in [0.2, 0.25) is 0 Å². The van der Waals surface area contributed by atoms with Crippen molar-refractivity contribution in [2.24, 2.45) is 7.05 Å². The number of aryl methyl sites for hydroxylation is 1. The first-order valence-corrected chi connectivity index (χ1v) is 5.78. The molecule has 0 unspecified atom stereocenters. The number of aromatic nitrogens is 1. The van der Waals surface area contributed by atoms with Crippen molar-refractivity contribution in [3.05, 3.63) is 23.5 Å². The molecule has 6 heteroatoms. The van der Waals surface area contributed by atoms with Crippen LogP contribution < -0.4 is 0 Å². The van der Waals surface area contributed by atoms with Gasteiger partial charge in [-0.15, -0.1) is 0 Å². The van der Waals surface area contributed by atoms with Crippen molar-refractivity contribution in [2.45, 2.75) is 26.3 Å². The van der Waals surface area contributed by atoms with Gasteiger partial charge in [0.15, 0.2) is 0 Å². The number of carbonyl (C=O) groups excluding carboxylic acids is 2. The molecule has 0 aliphatic heterocycles. The molecular weight excluding hydrogens is 248 g/mol. The van der Waals surface area contributed by atoms with Crippen LogP contribution >= 0.6 is 0 Å². The van der Waals surface area contributed by atoms with E-state index in [0.717, 1.165) is 0 Å². The number of carbonyl (C=O) groups is 3. The quantitative estimate of drug-likeness (QED) is 0.657. The van der Waals surface area contributed by atoms with Crippen molar-refractivity contribution in [2.75, 3.05) is 7.05 Å². The molecule has 1 N–H and O–H groups in total. The molecule has 0 spiro atoms. The summed E-state index contributed by atoms with van der Waals surface area (Å²) in [5, 5.41) is 8.86. The van der Waals surface area contributed by atoms with Crippen LogP contribution in [0.15, 0.2) is 12.3 Å². The predicted molar refractivity (Wildman–Crippen MR) is 69.2 cm³/mol. The molecule has 0 bridgehead atoms. The van der Waals surface area contributed by atoms with Crippen molar-refractivity contribution in [3.8, 4) is 0 Å². The smallest absolute Gasteiger partial charge is 0.337 e. The van der Waals surface area contributed by atoms with Gasteiger partial charge in [-0.25, -0.2) is 4.79 Å². The maximum absolute atomic E-state index is 12.1. The van der Waals surface area contributed by atoms with Crippen LogP contribution in [0.25, 0.3) is 0 Å². The molecule has 0 fully saturated rings. The summed E-state index contributed by atoms with van der Waals surface area (Å²) in [4.78, 5) is 36.3. The third kappa shape index (κ3) is 3.01. The molecule has 1 aromatic rings. The lowest BCUT2D eigenvalue weighted by Gasteiger charge is -2.31. The molecule has 1 rings (SSSR count). The van der Waals surface area contributed by atoms with Gasteiger partial charge >= 0.3 is 5.97 Å². The summed E-state index contributed by atoms with van der Waals surface area (Å²) in [6.45, 7) is 5.43. The second-order valence-electron chi connectivity index (χ2n) is 5.39. The van der Waals surface area contributed by atoms with Crippen LogP contribution in [0.5, 0.6) is 0 Å². The Balaban J connectivity index is 3.08. The number of aromatic carboxylic acids is 1. The van der Waals surface area contributed by atoms with Crippen LogP contribution in [0.3, 0.4) is 0 Å². The number of hydrogen-bond acceptors (Lipinski definition) is 3. The molecule has 0 radical (unpaired) electrons. The number of rotatable bonds is 3. The molecular formula is C13H18N2O4. The Bertz CT molecular complexity index is 537. The van der Waals surface area contributed by atoms with E-state index in [1.165, 1.54) is 28.8 Å². The largest absolute Gasteiger partial charge is 0.478 e. The topological polar surface area (TPSA) is 79.6 Å². The van der Waals surface area contributed by atoms with Gasteiger partial charge in [-0.1, -0.05) is 0 Å². The van der Waals surface area contributed by atoms with Crippen molar-refractivity contribution < 1.29 is 19.5 Å². The minimum Gasteiger partial charge on any atom is -0.478 e. The second-order valence-corrected chi connectivity index (χ2v) is 5.39. The van der Waals surface area contributed by atoms with Crippen molar-refractivity contribution in [3.63, 3.8) is 0 Å². The molecule has 1 heterocycles. The Morgan fingerprint density at radius 2 is 1.79 bits per heavy atom. The maximum atomic E-state index is 12.1. The standard InChI is InChI=1S/C13H18N2O4/c1-13(2,3)15(5)11(17)10(16)9-6-8(12(18)19)7-14(9)4/h6-7H,1-5H3,(H,18,19). The average molecular weight is 266 g/mol. The summed E-state index contributed by atoms with van der Waals surface area (Å²) >= 11 is 0. The normalized spacial score (nSPS) is 11.2. The highest BCUT2D eigenvalue weighted by molar-refractivity contribution is 6.42. The average Bonchev–Trinajstić information content (AvgIpc) is 2.67. The Morgan fingerprint density at radius 3 is 2.16 bits per heavy atom. The third-order valence-electron chi connectivity index (χ3n) is 2.99. The van der Waals surface area contributed by atoms with Crippen LogP contribution in [0, 0.1) is 0 Å². The molecule has 0 aliphatic rings. The van der Waals surface area contributed by atoms with E-state index in [9.17, 15) is 14.4 Å². The summed E-state index contributed by atoms with van der Waals surface area (Å²) in [6, 6.07) is 1.21. The molecule has 6 nitrogen and oxygen atoms in total. The number of amides is 1. The highest BCUT2D eigenvalue weighted by atomic mass is 16.4. The molecule has 0 saturated carbocycles. The SMILES string of the molecule is CN(C(=O)C(=O)c1cc(C(=O)O)cn1C)C(C)(C)C. The Kier molecular flexibility index (Phi) is 3.83. The number of likely N-dealkylation sites (N-methyl/N-ethyl adjacent to an activating group) is 1. The predicted octanol–water partition coefficient (Wildman–Crippen LogP) is 1.16. The van der Waals surface area contributed by atoms with E-state index < -0.39 is 23.2 Å². The molecule has 104 valence electrons. The lowest BCUT2D eigenvalue weighted by atomic mass is 10.1. The Labute approximate surface area is 111 Å². The van der Waals surface area contributed by atoms with E-state index in [2.05, 4.69) is 0 Å². The Hall–Kier alpha value is -2.11. The van der Waals surface area contributed by atoms with E-state index in [1.807, 2.05) is 20.8 Å². The number of ketones is 1. The second kappa shape index (κ2) is 4.87. The summed E-state index contributed by atoms with van der Waals surface area (Å²) in [7, 11) is 3.07. The minimum atomic E-state index is -1.13. The van der Waals surface area contributed by atoms with Crippen LogP contribution in [-0.2, 0) is 11.8 Å². The maximum Gasteiger partial charge on any atom is 0.337 e. The van der Waals surface area contributed by atoms with Gasteiger partial charge in [-0.3, -0.25) is 9.59 Å². The fourth-order valence-corrected chi connectivity index (χ4v) is 1.47. The molecule has 0 aliphatic carbocycles. The first-order chi connectivity index (χ1) is 8.55. The monoisotopic (exact) mass is 266 g/mol. The summed E-state index contributed by atoms with van der Waals surface area (Å²) in [5.74, 6) is -2.51. The third-order valence-corrected chi connectivity index (χ3v) is 2.99. The first kappa shape index (κ1) is 14.9. The number of carboxylic acids is 1. The van der Waals surface area contributed by atoms with Gasteiger partial charge < -0.3 is 14.6 Å². The zero-order valence-electron chi connectivity index (χ0n) is 11.7. The Morgan fingerprint density at radius 1 is 1.26 bits per heavy atom. The number of Topliss-reactive ketones (excluding diaryl/α,β-unsaturated/α-hetero) is 1. The van der Waals surface area contributed by atoms with Gasteiger partial charge in [0.25, 0.3) is 11.7 Å². The van der Waals surface area contributed by atoms with Gasteiger partial charge in [0.05, 0.1) is 11.3 Å². The van der Waals surface area contributed by atoms with E-state index in [0.29, 0.717) is 0 Å². The molecule has 0 aromatic carbocycles. The highest BCUT2D eigenvalue weighted by Gasteiger charge is 2.30. The van der Waals surface area contributed by atoms with E-state index >= 15 is 0 Å². The zero-order chi connectivity index (χ0) is 15.0. The van der Waals surface area contributed by atoms with Gasteiger partial charge in [0.1, 0.15) is 0 Å². The van der Waals surface area contributed by atoms with E-state index in [4.69, 9.17) is 5.11 Å². The molecule has 1 amide bonds. The van der Waals surface area contributed by atoms with Crippen molar-refractivity contribution >= 4 is 17.7 Å². The lowest BCUT2D eigenvalue weighted by Crippen LogP contribution is -2.46. The van der Waals surface area contributed by atoms with Crippen LogP contribution in [0.2, 0.25) is 0 Å². The molecule has 0 atom stereocenters. The highest BCUT2D eigenvalue weighted by Crippen LogP contribution is 2.14. The van der Waals surface area contributed by atoms with E-state index in [1.54, 1.807) is 7.05 Å². The number of nitrogens with zero attached hydrogens (tertiary/aromatic N) is 2. The fraction of sp³-hybridized carbons (Fsp3) is 0.462. The number of hydrogen-bond donors (Lipinski definition) is 1. The van der Waals surface area contributed by atoms with Gasteiger partial charge in [0, 0.05) is 25.8 Å². The van der Waals surface area contributed by atoms with Crippen LogP contribution in [0.4, 0.5) is 0 Å². The summed E-state index contributed by atoms with van der Waals surface area (Å²) in [5.41, 5.74) is -0.427. The number of carboxylic acid groups (broad SMARTS) is 1. The summed E-state index contributed by atoms with van der Waals surface area (Å²) < 4.78 is 1.35. The minimum absolute atomic E-state index is 0.0166. The van der Waals surface area contributed by atoms with Crippen LogP contribution in [0.1, 0.15) is 41.6 Å². The molecule has 0 saturated heterocycles. The first-order valence-electron chi connectivity index (χ1n) is 5.78. The summed E-state index contributed by atoms with van der Waals surface area (Å²) in [6.07, 6.45) is 1.31. The van der Waals surface area contributed by atoms with Crippen LogP contribution in [-0.4, -0.2) is 44.8 Å². The molecule has 19 heavy (non-hydrogen) atoms. The molecule has 1 aromatic heterocycles. The van der Waals surface area contributed by atoms with Crippen molar-refractivity contribution in [1.82, 2.24) is 9.47 Å². The van der Waals surface area contributed by atoms with Crippen molar-refractivity contribution in [1.29, 1.82) is 0 Å².